The van der Waals surface area contributed by atoms with Crippen LogP contribution in [0.1, 0.15) is 15.9 Å². The van der Waals surface area contributed by atoms with E-state index in [1.807, 2.05) is 0 Å². The summed E-state index contributed by atoms with van der Waals surface area (Å²) >= 11 is 0. The van der Waals surface area contributed by atoms with Crippen molar-refractivity contribution in [3.63, 3.8) is 0 Å². The molecule has 0 unspecified atom stereocenters. The first-order valence-corrected chi connectivity index (χ1v) is 11.1. The zero-order valence-corrected chi connectivity index (χ0v) is 18.0. The Labute approximate surface area is 190 Å². The molecule has 0 amide bonds. The zero-order chi connectivity index (χ0) is 24.0. The van der Waals surface area contributed by atoms with Crippen LogP contribution in [0, 0.1) is 0 Å². The van der Waals surface area contributed by atoms with Crippen molar-refractivity contribution in [3.05, 3.63) is 108 Å². The molecule has 0 aromatic heterocycles. The van der Waals surface area contributed by atoms with E-state index in [4.69, 9.17) is 20.4 Å². The maximum atomic E-state index is 12.1. The molecule has 0 aliphatic heterocycles. The quantitative estimate of drug-likeness (QED) is 0.332. The van der Waals surface area contributed by atoms with Crippen molar-refractivity contribution in [2.24, 2.45) is 0 Å². The highest BCUT2D eigenvalue weighted by molar-refractivity contribution is 7.91. The van der Waals surface area contributed by atoms with E-state index in [0.29, 0.717) is 11.1 Å². The number of carbonyl (C=O) groups is 1. The highest BCUT2D eigenvalue weighted by atomic mass is 32.2. The summed E-state index contributed by atoms with van der Waals surface area (Å²) in [5, 5.41) is 36.4. The fraction of sp³-hybridized carbons (Fsp3) is 0. The summed E-state index contributed by atoms with van der Waals surface area (Å²) in [6.45, 7) is 0. The van der Waals surface area contributed by atoms with Crippen molar-refractivity contribution < 1.29 is 33.6 Å². The topological polar surface area (TPSA) is 132 Å². The van der Waals surface area contributed by atoms with E-state index in [2.05, 4.69) is 0 Å². The van der Waals surface area contributed by atoms with Gasteiger partial charge in [-0.25, -0.2) is 8.42 Å². The van der Waals surface area contributed by atoms with Crippen LogP contribution in [-0.4, -0.2) is 34.6 Å². The smallest absolute Gasteiger partial charge is 0.206 e. The van der Waals surface area contributed by atoms with Gasteiger partial charge in [0.1, 0.15) is 23.0 Å². The van der Waals surface area contributed by atoms with E-state index in [1.54, 1.807) is 24.3 Å². The van der Waals surface area contributed by atoms with Gasteiger partial charge in [-0.15, -0.1) is 0 Å². The number of hydrogen-bond acceptors (Lipinski definition) is 7. The van der Waals surface area contributed by atoms with Crippen molar-refractivity contribution >= 4 is 15.6 Å². The third-order valence-corrected chi connectivity index (χ3v) is 6.34. The van der Waals surface area contributed by atoms with Gasteiger partial charge in [0.15, 0.2) is 5.78 Å². The van der Waals surface area contributed by atoms with Crippen molar-refractivity contribution in [1.82, 2.24) is 0 Å². The molecule has 0 spiro atoms. The van der Waals surface area contributed by atoms with Gasteiger partial charge in [-0.1, -0.05) is 0 Å². The summed E-state index contributed by atoms with van der Waals surface area (Å²) in [6, 6.07) is 22.7. The molecule has 0 heterocycles. The van der Waals surface area contributed by atoms with Gasteiger partial charge in [0.25, 0.3) is 0 Å². The Bertz CT molecular complexity index is 1230. The molecule has 0 atom stereocenters. The Morgan fingerprint density at radius 2 is 0.697 bits per heavy atom. The van der Waals surface area contributed by atoms with Crippen molar-refractivity contribution in [2.75, 3.05) is 0 Å². The van der Waals surface area contributed by atoms with Gasteiger partial charge in [0.05, 0.1) is 9.79 Å². The lowest BCUT2D eigenvalue weighted by Gasteiger charge is -2.04. The summed E-state index contributed by atoms with van der Waals surface area (Å²) in [4.78, 5) is 12.1. The molecule has 0 saturated carbocycles. The number of phenolic OH excluding ortho intramolecular Hbond substituents is 4. The van der Waals surface area contributed by atoms with Gasteiger partial charge in [0, 0.05) is 11.1 Å². The molecule has 4 N–H and O–H groups in total. The Balaban J connectivity index is 0.000000186. The monoisotopic (exact) mass is 464 g/mol. The van der Waals surface area contributed by atoms with Gasteiger partial charge in [-0.3, -0.25) is 4.79 Å². The minimum atomic E-state index is -3.59. The van der Waals surface area contributed by atoms with E-state index in [1.165, 1.54) is 72.8 Å². The van der Waals surface area contributed by atoms with E-state index < -0.39 is 9.84 Å². The second-order valence-electron chi connectivity index (χ2n) is 6.91. The molecule has 4 rings (SSSR count). The number of benzene rings is 4. The summed E-state index contributed by atoms with van der Waals surface area (Å²) < 4.78 is 24.2. The first-order valence-electron chi connectivity index (χ1n) is 9.63. The molecule has 0 fully saturated rings. The van der Waals surface area contributed by atoms with Gasteiger partial charge in [-0.2, -0.15) is 0 Å². The van der Waals surface area contributed by atoms with Gasteiger partial charge in [-0.05, 0) is 97.1 Å². The Hall–Kier alpha value is -4.30. The maximum absolute atomic E-state index is 12.1. The molecule has 4 aromatic rings. The molecule has 0 aliphatic rings. The number of rotatable bonds is 4. The third-order valence-electron chi connectivity index (χ3n) is 4.55. The highest BCUT2D eigenvalue weighted by Gasteiger charge is 2.17. The van der Waals surface area contributed by atoms with Gasteiger partial charge in [0.2, 0.25) is 9.84 Å². The van der Waals surface area contributed by atoms with Gasteiger partial charge >= 0.3 is 0 Å². The van der Waals surface area contributed by atoms with Crippen LogP contribution >= 0.6 is 0 Å². The lowest BCUT2D eigenvalue weighted by Crippen LogP contribution is -2.01. The predicted molar refractivity (Wildman–Crippen MR) is 121 cm³/mol. The lowest BCUT2D eigenvalue weighted by atomic mass is 10.0. The average Bonchev–Trinajstić information content (AvgIpc) is 2.81. The first-order chi connectivity index (χ1) is 15.7. The first kappa shape index (κ1) is 23.4. The molecule has 0 bridgehead atoms. The standard InChI is InChI=1S/C13H10O3.C12H10O4S/c14-11-5-1-9(2-6-11)13(16)10-3-7-12(15)8-4-10;13-9-1-5-11(6-2-9)17(15,16)12-7-3-10(14)4-8-12/h1-8,14-15H;1-8,13-14H. The Morgan fingerprint density at radius 3 is 0.970 bits per heavy atom. The largest absolute Gasteiger partial charge is 0.508 e. The van der Waals surface area contributed by atoms with E-state index in [9.17, 15) is 13.2 Å². The van der Waals surface area contributed by atoms with Crippen LogP contribution in [-0.2, 0) is 9.84 Å². The number of phenols is 4. The van der Waals surface area contributed by atoms with Crippen LogP contribution < -0.4 is 0 Å². The fourth-order valence-electron chi connectivity index (χ4n) is 2.78. The number of carbonyl (C=O) groups excluding carboxylic acids is 1. The van der Waals surface area contributed by atoms with Crippen LogP contribution in [0.15, 0.2) is 107 Å². The molecule has 168 valence electrons. The van der Waals surface area contributed by atoms with E-state index in [0.717, 1.165) is 0 Å². The number of aromatic hydroxyl groups is 4. The molecule has 4 aromatic carbocycles. The summed E-state index contributed by atoms with van der Waals surface area (Å²) in [7, 11) is -3.59. The highest BCUT2D eigenvalue weighted by Crippen LogP contribution is 2.24. The van der Waals surface area contributed by atoms with Gasteiger partial charge < -0.3 is 20.4 Å². The Kier molecular flexibility index (Phi) is 7.00. The van der Waals surface area contributed by atoms with E-state index in [-0.39, 0.29) is 38.6 Å². The van der Waals surface area contributed by atoms with E-state index >= 15 is 0 Å². The summed E-state index contributed by atoms with van der Waals surface area (Å²) in [6.07, 6.45) is 0. The van der Waals surface area contributed by atoms with Crippen molar-refractivity contribution in [1.29, 1.82) is 0 Å². The molecule has 33 heavy (non-hydrogen) atoms. The van der Waals surface area contributed by atoms with Crippen molar-refractivity contribution in [3.8, 4) is 23.0 Å². The number of hydrogen-bond donors (Lipinski definition) is 4. The zero-order valence-electron chi connectivity index (χ0n) is 17.2. The van der Waals surface area contributed by atoms with Crippen LogP contribution in [0.4, 0.5) is 0 Å². The second kappa shape index (κ2) is 9.88. The SMILES string of the molecule is O=C(c1ccc(O)cc1)c1ccc(O)cc1.O=S(=O)(c1ccc(O)cc1)c1ccc(O)cc1. The normalized spacial score (nSPS) is 10.7. The lowest BCUT2D eigenvalue weighted by molar-refractivity contribution is 0.103. The third kappa shape index (κ3) is 5.90. The van der Waals surface area contributed by atoms with Crippen molar-refractivity contribution in [2.45, 2.75) is 9.79 Å². The minimum absolute atomic E-state index is 0.00894. The van der Waals surface area contributed by atoms with Crippen LogP contribution in [0.5, 0.6) is 23.0 Å². The molecular formula is C25H20O7S. The average molecular weight is 464 g/mol. The molecular weight excluding hydrogens is 444 g/mol. The summed E-state index contributed by atoms with van der Waals surface area (Å²) in [5.74, 6) is 0.133. The molecule has 0 radical (unpaired) electrons. The predicted octanol–water partition coefficient (Wildman–Crippen LogP) is 4.26. The van der Waals surface area contributed by atoms with Crippen LogP contribution in [0.2, 0.25) is 0 Å². The minimum Gasteiger partial charge on any atom is -0.508 e. The second-order valence-corrected chi connectivity index (χ2v) is 8.86. The number of ketones is 1. The number of sulfone groups is 1. The molecule has 0 aliphatic carbocycles. The Morgan fingerprint density at radius 1 is 0.455 bits per heavy atom. The fourth-order valence-corrected chi connectivity index (χ4v) is 4.04. The van der Waals surface area contributed by atoms with Crippen LogP contribution in [0.25, 0.3) is 0 Å². The van der Waals surface area contributed by atoms with Crippen LogP contribution in [0.3, 0.4) is 0 Å². The molecule has 0 saturated heterocycles. The molecule has 7 nitrogen and oxygen atoms in total. The summed E-state index contributed by atoms with van der Waals surface area (Å²) in [5.41, 5.74) is 1.01. The maximum Gasteiger partial charge on any atom is 0.206 e. The molecule has 8 heteroatoms.